The number of hydrogen-bond donors (Lipinski definition) is 1. The van der Waals surface area contributed by atoms with Crippen LogP contribution in [0.2, 0.25) is 0 Å². The predicted molar refractivity (Wildman–Crippen MR) is 70.2 cm³/mol. The molecule has 1 saturated carbocycles. The van der Waals surface area contributed by atoms with Crippen LogP contribution in [0.5, 0.6) is 0 Å². The maximum Gasteiger partial charge on any atom is 0.0629 e. The summed E-state index contributed by atoms with van der Waals surface area (Å²) in [7, 11) is 2.78. The minimum Gasteiger partial charge on any atom is -0.377 e. The van der Waals surface area contributed by atoms with E-state index in [9.17, 15) is 0 Å². The second-order valence-corrected chi connectivity index (χ2v) is 6.22. The third-order valence-corrected chi connectivity index (χ3v) is 4.61. The molecular formula is C12H25N2OP. The Labute approximate surface area is 101 Å². The van der Waals surface area contributed by atoms with Crippen LogP contribution in [0.1, 0.15) is 39.0 Å². The maximum atomic E-state index is 6.02. The molecule has 0 aromatic heterocycles. The zero-order valence-corrected chi connectivity index (χ0v) is 11.4. The SMILES string of the molecule is C[C@H]1CC[C@H](OC[C@@H]2C[C@H](N)CN2P)CC1. The monoisotopic (exact) mass is 244 g/mol. The van der Waals surface area contributed by atoms with E-state index in [-0.39, 0.29) is 0 Å². The summed E-state index contributed by atoms with van der Waals surface area (Å²) in [6, 6.07) is 0.844. The van der Waals surface area contributed by atoms with Crippen LogP contribution in [0.15, 0.2) is 0 Å². The Kier molecular flexibility index (Phi) is 4.60. The van der Waals surface area contributed by atoms with E-state index < -0.39 is 0 Å². The van der Waals surface area contributed by atoms with Crippen molar-refractivity contribution in [3.05, 3.63) is 0 Å². The van der Waals surface area contributed by atoms with Crippen molar-refractivity contribution < 1.29 is 4.74 Å². The van der Waals surface area contributed by atoms with Gasteiger partial charge >= 0.3 is 0 Å². The van der Waals surface area contributed by atoms with Gasteiger partial charge < -0.3 is 10.5 Å². The molecule has 2 N–H and O–H groups in total. The van der Waals surface area contributed by atoms with Gasteiger partial charge in [-0.05, 0) is 38.0 Å². The first kappa shape index (κ1) is 12.8. The molecule has 1 aliphatic carbocycles. The lowest BCUT2D eigenvalue weighted by Crippen LogP contribution is -2.29. The van der Waals surface area contributed by atoms with Crippen molar-refractivity contribution in [3.63, 3.8) is 0 Å². The second kappa shape index (κ2) is 5.77. The van der Waals surface area contributed by atoms with Gasteiger partial charge in [-0.15, -0.1) is 0 Å². The first-order valence-electron chi connectivity index (χ1n) is 6.53. The van der Waals surface area contributed by atoms with Crippen LogP contribution in [0.4, 0.5) is 0 Å². The molecule has 0 aromatic rings. The fourth-order valence-electron chi connectivity index (χ4n) is 2.79. The fourth-order valence-corrected chi connectivity index (χ4v) is 3.26. The molecule has 94 valence electrons. The van der Waals surface area contributed by atoms with Gasteiger partial charge in [-0.1, -0.05) is 16.3 Å². The number of nitrogens with two attached hydrogens (primary N) is 1. The van der Waals surface area contributed by atoms with E-state index in [1.807, 2.05) is 0 Å². The van der Waals surface area contributed by atoms with Gasteiger partial charge in [-0.2, -0.15) is 0 Å². The van der Waals surface area contributed by atoms with Crippen molar-refractivity contribution in [1.82, 2.24) is 4.67 Å². The zero-order valence-electron chi connectivity index (χ0n) is 10.3. The van der Waals surface area contributed by atoms with Crippen LogP contribution < -0.4 is 5.73 Å². The van der Waals surface area contributed by atoms with E-state index in [2.05, 4.69) is 21.0 Å². The smallest absolute Gasteiger partial charge is 0.0629 e. The number of ether oxygens (including phenoxy) is 1. The van der Waals surface area contributed by atoms with Gasteiger partial charge in [0, 0.05) is 18.6 Å². The minimum atomic E-state index is 0.331. The summed E-state index contributed by atoms with van der Waals surface area (Å²) in [5, 5.41) is 0. The van der Waals surface area contributed by atoms with Crippen molar-refractivity contribution in [2.24, 2.45) is 11.7 Å². The van der Waals surface area contributed by atoms with Crippen LogP contribution in [0.3, 0.4) is 0 Å². The summed E-state index contributed by atoms with van der Waals surface area (Å²) in [6.45, 7) is 4.19. The summed E-state index contributed by atoms with van der Waals surface area (Å²) in [4.78, 5) is 0. The van der Waals surface area contributed by atoms with Crippen molar-refractivity contribution in [2.45, 2.75) is 57.2 Å². The lowest BCUT2D eigenvalue weighted by molar-refractivity contribution is 0.00337. The molecular weight excluding hydrogens is 219 g/mol. The average Bonchev–Trinajstić information content (AvgIpc) is 2.57. The van der Waals surface area contributed by atoms with E-state index in [4.69, 9.17) is 10.5 Å². The molecule has 1 heterocycles. The van der Waals surface area contributed by atoms with Gasteiger partial charge in [-0.3, -0.25) is 4.67 Å². The summed E-state index contributed by atoms with van der Waals surface area (Å²) in [5.41, 5.74) is 5.93. The molecule has 0 aromatic carbocycles. The highest BCUT2D eigenvalue weighted by Crippen LogP contribution is 2.27. The average molecular weight is 244 g/mol. The van der Waals surface area contributed by atoms with E-state index in [0.717, 1.165) is 25.5 Å². The predicted octanol–water partition coefficient (Wildman–Crippen LogP) is 1.77. The van der Waals surface area contributed by atoms with E-state index in [0.29, 0.717) is 18.2 Å². The topological polar surface area (TPSA) is 38.5 Å². The Balaban J connectivity index is 1.67. The van der Waals surface area contributed by atoms with Crippen LogP contribution in [-0.4, -0.2) is 36.0 Å². The summed E-state index contributed by atoms with van der Waals surface area (Å²) in [5.74, 6) is 0.901. The molecule has 2 fully saturated rings. The van der Waals surface area contributed by atoms with Crippen molar-refractivity contribution in [1.29, 1.82) is 0 Å². The van der Waals surface area contributed by atoms with Crippen LogP contribution in [0.25, 0.3) is 0 Å². The first-order valence-corrected chi connectivity index (χ1v) is 7.05. The lowest BCUT2D eigenvalue weighted by Gasteiger charge is -2.28. The maximum absolute atomic E-state index is 6.02. The summed E-state index contributed by atoms with van der Waals surface area (Å²) in [6.07, 6.45) is 6.74. The Hall–Kier alpha value is 0.310. The molecule has 0 radical (unpaired) electrons. The first-order chi connectivity index (χ1) is 7.65. The molecule has 2 aliphatic rings. The third-order valence-electron chi connectivity index (χ3n) is 3.98. The molecule has 0 amide bonds. The van der Waals surface area contributed by atoms with Gasteiger partial charge in [0.2, 0.25) is 0 Å². The van der Waals surface area contributed by atoms with E-state index in [1.54, 1.807) is 0 Å². The standard InChI is InChI=1S/C12H25N2OP/c1-9-2-4-12(5-3-9)15-8-11-6-10(13)7-14(11)16/h9-12H,2-8,13,16H2,1H3/t9-,10-,11-,12-/m0/s1. The third kappa shape index (κ3) is 3.40. The highest BCUT2D eigenvalue weighted by molar-refractivity contribution is 7.13. The second-order valence-electron chi connectivity index (χ2n) is 5.56. The van der Waals surface area contributed by atoms with E-state index >= 15 is 0 Å². The number of rotatable bonds is 3. The van der Waals surface area contributed by atoms with Gasteiger partial charge in [0.05, 0.1) is 12.7 Å². The molecule has 2 rings (SSSR count). The van der Waals surface area contributed by atoms with Crippen molar-refractivity contribution >= 4 is 9.39 Å². The van der Waals surface area contributed by atoms with Crippen LogP contribution in [0, 0.1) is 5.92 Å². The van der Waals surface area contributed by atoms with Gasteiger partial charge in [-0.25, -0.2) is 0 Å². The molecule has 0 spiro atoms. The highest BCUT2D eigenvalue weighted by atomic mass is 31.0. The van der Waals surface area contributed by atoms with E-state index in [1.165, 1.54) is 25.7 Å². The van der Waals surface area contributed by atoms with Crippen LogP contribution >= 0.6 is 9.39 Å². The molecule has 0 bridgehead atoms. The molecule has 3 nitrogen and oxygen atoms in total. The molecule has 3 atom stereocenters. The molecule has 4 heteroatoms. The Morgan fingerprint density at radius 2 is 2.00 bits per heavy atom. The van der Waals surface area contributed by atoms with Crippen molar-refractivity contribution in [2.75, 3.05) is 13.2 Å². The Morgan fingerprint density at radius 1 is 1.31 bits per heavy atom. The molecule has 1 aliphatic heterocycles. The van der Waals surface area contributed by atoms with Gasteiger partial charge in [0.25, 0.3) is 0 Å². The van der Waals surface area contributed by atoms with Gasteiger partial charge in [0.1, 0.15) is 0 Å². The van der Waals surface area contributed by atoms with Gasteiger partial charge in [0.15, 0.2) is 0 Å². The summed E-state index contributed by atoms with van der Waals surface area (Å²) < 4.78 is 8.28. The number of hydrogen-bond acceptors (Lipinski definition) is 3. The fraction of sp³-hybridized carbons (Fsp3) is 1.00. The zero-order chi connectivity index (χ0) is 11.5. The van der Waals surface area contributed by atoms with Crippen molar-refractivity contribution in [3.8, 4) is 0 Å². The lowest BCUT2D eigenvalue weighted by atomic mass is 9.89. The number of nitrogens with zero attached hydrogens (tertiary/aromatic N) is 1. The Morgan fingerprint density at radius 3 is 2.56 bits per heavy atom. The largest absolute Gasteiger partial charge is 0.377 e. The normalized spacial score (nSPS) is 41.4. The quantitative estimate of drug-likeness (QED) is 0.769. The highest BCUT2D eigenvalue weighted by Gasteiger charge is 2.28. The molecule has 1 unspecified atom stereocenters. The molecule has 16 heavy (non-hydrogen) atoms. The minimum absolute atomic E-state index is 0.331. The Bertz CT molecular complexity index is 219. The molecule has 1 saturated heterocycles. The summed E-state index contributed by atoms with van der Waals surface area (Å²) >= 11 is 0. The van der Waals surface area contributed by atoms with Crippen LogP contribution in [-0.2, 0) is 4.74 Å².